The summed E-state index contributed by atoms with van der Waals surface area (Å²) in [6, 6.07) is 5.81. The van der Waals surface area contributed by atoms with Crippen LogP contribution in [0.5, 0.6) is 0 Å². The van der Waals surface area contributed by atoms with E-state index in [9.17, 15) is 29.0 Å². The fraction of sp³-hybridized carbons (Fsp3) is 0.273. The van der Waals surface area contributed by atoms with Gasteiger partial charge in [0, 0.05) is 30.7 Å². The minimum Gasteiger partial charge on any atom is -0.480 e. The van der Waals surface area contributed by atoms with Crippen molar-refractivity contribution in [3.05, 3.63) is 57.8 Å². The number of anilines is 2. The molecule has 35 heavy (non-hydrogen) atoms. The molecule has 0 spiro atoms. The molecule has 1 fully saturated rings. The lowest BCUT2D eigenvalue weighted by atomic mass is 10.1. The Hall–Kier alpha value is -3.32. The molecule has 2 amide bonds. The van der Waals surface area contributed by atoms with E-state index in [1.54, 1.807) is 12.1 Å². The van der Waals surface area contributed by atoms with Crippen molar-refractivity contribution in [3.8, 4) is 0 Å². The summed E-state index contributed by atoms with van der Waals surface area (Å²) in [6.07, 6.45) is 3.30. The lowest BCUT2D eigenvalue weighted by Gasteiger charge is -2.26. The van der Waals surface area contributed by atoms with Gasteiger partial charge in [-0.1, -0.05) is 11.6 Å². The second-order valence-corrected chi connectivity index (χ2v) is 9.63. The number of likely N-dealkylation sites (tertiary alicyclic amines) is 1. The van der Waals surface area contributed by atoms with Crippen LogP contribution in [0.3, 0.4) is 0 Å². The Morgan fingerprint density at radius 3 is 2.71 bits per heavy atom. The quantitative estimate of drug-likeness (QED) is 0.438. The molecule has 0 saturated carbocycles. The predicted molar refractivity (Wildman–Crippen MR) is 129 cm³/mol. The Morgan fingerprint density at radius 2 is 2.06 bits per heavy atom. The highest BCUT2D eigenvalue weighted by molar-refractivity contribution is 7.18. The largest absolute Gasteiger partial charge is 0.480 e. The summed E-state index contributed by atoms with van der Waals surface area (Å²) in [6.45, 7) is -0.283. The van der Waals surface area contributed by atoms with E-state index in [1.165, 1.54) is 40.5 Å². The molecule has 3 heterocycles. The van der Waals surface area contributed by atoms with Crippen LogP contribution in [0.25, 0.3) is 0 Å². The fourth-order valence-corrected chi connectivity index (χ4v) is 4.89. The van der Waals surface area contributed by atoms with Crippen molar-refractivity contribution in [3.63, 3.8) is 0 Å². The van der Waals surface area contributed by atoms with Crippen molar-refractivity contribution in [2.75, 3.05) is 23.3 Å². The maximum Gasteiger partial charge on any atom is 0.317 e. The molecule has 0 radical (unpaired) electrons. The number of hydrogen-bond acceptors (Lipinski definition) is 8. The molecule has 184 valence electrons. The van der Waals surface area contributed by atoms with Gasteiger partial charge in [0.2, 0.25) is 5.91 Å². The standard InChI is InChI=1S/C22H21ClFN5O5S/c23-18-4-3-17(35-18)22(34)26-12-7-16(28(10-12)11-20(31)32)21(33)27-15-2-1-13(8-14(15)24)29-6-5-25-9-19(29)30/h1-6,8-9,12,16,19,30H,7,10-11H2,(H,26,34)(H,27,33)(H,31,32)/t12-,16-,19?/m0/s1. The van der Waals surface area contributed by atoms with Crippen LogP contribution in [0.4, 0.5) is 15.8 Å². The van der Waals surface area contributed by atoms with E-state index in [1.807, 2.05) is 0 Å². The van der Waals surface area contributed by atoms with E-state index >= 15 is 0 Å². The number of amides is 2. The number of carbonyl (C=O) groups is 3. The molecule has 2 aliphatic heterocycles. The molecule has 2 aliphatic rings. The molecule has 4 N–H and O–H groups in total. The number of hydrogen-bond donors (Lipinski definition) is 4. The number of halogens is 2. The Balaban J connectivity index is 1.44. The molecule has 0 aliphatic carbocycles. The molecule has 0 bridgehead atoms. The number of carbonyl (C=O) groups excluding carboxylic acids is 2. The van der Waals surface area contributed by atoms with E-state index in [2.05, 4.69) is 15.6 Å². The number of rotatable bonds is 7. The summed E-state index contributed by atoms with van der Waals surface area (Å²) >= 11 is 6.98. The second-order valence-electron chi connectivity index (χ2n) is 7.92. The monoisotopic (exact) mass is 521 g/mol. The molecule has 2 aromatic rings. The predicted octanol–water partition coefficient (Wildman–Crippen LogP) is 2.12. The number of aliphatic hydroxyl groups is 1. The average Bonchev–Trinajstić information content (AvgIpc) is 3.41. The maximum atomic E-state index is 14.8. The molecule has 4 rings (SSSR count). The highest BCUT2D eigenvalue weighted by atomic mass is 35.5. The van der Waals surface area contributed by atoms with Gasteiger partial charge < -0.3 is 25.7 Å². The zero-order valence-electron chi connectivity index (χ0n) is 18.1. The first-order valence-corrected chi connectivity index (χ1v) is 11.7. The van der Waals surface area contributed by atoms with Gasteiger partial charge in [-0.25, -0.2) is 4.39 Å². The summed E-state index contributed by atoms with van der Waals surface area (Å²) in [5.41, 5.74) is 0.249. The Bertz CT molecular complexity index is 1200. The summed E-state index contributed by atoms with van der Waals surface area (Å²) in [7, 11) is 0. The van der Waals surface area contributed by atoms with E-state index in [0.29, 0.717) is 14.9 Å². The van der Waals surface area contributed by atoms with Crippen LogP contribution in [0.2, 0.25) is 4.34 Å². The van der Waals surface area contributed by atoms with E-state index in [0.717, 1.165) is 17.4 Å². The van der Waals surface area contributed by atoms with E-state index in [-0.39, 0.29) is 24.6 Å². The molecule has 1 aromatic carbocycles. The van der Waals surface area contributed by atoms with Crippen LogP contribution in [0, 0.1) is 5.82 Å². The van der Waals surface area contributed by atoms with Crippen LogP contribution in [0.1, 0.15) is 16.1 Å². The number of benzene rings is 1. The topological polar surface area (TPSA) is 135 Å². The molecule has 1 aromatic heterocycles. The number of carboxylic acid groups (broad SMARTS) is 1. The SMILES string of the molecule is O=C(O)CN1C[C@@H](NC(=O)c2ccc(Cl)s2)C[C@H]1C(=O)Nc1ccc(N2C=CN=CC2O)cc1F. The number of thiophene rings is 1. The van der Waals surface area contributed by atoms with Crippen molar-refractivity contribution < 1.29 is 29.0 Å². The van der Waals surface area contributed by atoms with Gasteiger partial charge >= 0.3 is 5.97 Å². The van der Waals surface area contributed by atoms with Gasteiger partial charge in [0.05, 0.1) is 33.7 Å². The summed E-state index contributed by atoms with van der Waals surface area (Å²) in [5.74, 6) is -2.84. The zero-order chi connectivity index (χ0) is 25.1. The minimum absolute atomic E-state index is 0.0983. The van der Waals surface area contributed by atoms with Gasteiger partial charge in [0.15, 0.2) is 6.23 Å². The number of aliphatic carboxylic acids is 1. The van der Waals surface area contributed by atoms with Crippen LogP contribution in [0.15, 0.2) is 47.7 Å². The first-order chi connectivity index (χ1) is 16.7. The molecular weight excluding hydrogens is 501 g/mol. The van der Waals surface area contributed by atoms with E-state index < -0.39 is 42.6 Å². The highest BCUT2D eigenvalue weighted by Crippen LogP contribution is 2.27. The van der Waals surface area contributed by atoms with Crippen LogP contribution in [-0.4, -0.2) is 70.5 Å². The molecule has 3 atom stereocenters. The zero-order valence-corrected chi connectivity index (χ0v) is 19.7. The number of nitrogens with zero attached hydrogens (tertiary/aromatic N) is 3. The number of carboxylic acids is 1. The van der Waals surface area contributed by atoms with Crippen molar-refractivity contribution in [2.45, 2.75) is 24.7 Å². The van der Waals surface area contributed by atoms with Gasteiger partial charge in [-0.05, 0) is 36.8 Å². The van der Waals surface area contributed by atoms with Crippen molar-refractivity contribution in [1.29, 1.82) is 0 Å². The molecule has 10 nitrogen and oxygen atoms in total. The molecular formula is C22H21ClFN5O5S. The third kappa shape index (κ3) is 5.85. The van der Waals surface area contributed by atoms with Crippen molar-refractivity contribution in [1.82, 2.24) is 10.2 Å². The normalized spacial score (nSPS) is 21.8. The average molecular weight is 522 g/mol. The molecule has 13 heteroatoms. The highest BCUT2D eigenvalue weighted by Gasteiger charge is 2.38. The van der Waals surface area contributed by atoms with Crippen LogP contribution in [-0.2, 0) is 9.59 Å². The van der Waals surface area contributed by atoms with Crippen LogP contribution < -0.4 is 15.5 Å². The van der Waals surface area contributed by atoms with Gasteiger partial charge in [-0.2, -0.15) is 0 Å². The first kappa shape index (κ1) is 24.8. The number of aliphatic hydroxyl groups excluding tert-OH is 1. The van der Waals surface area contributed by atoms with Crippen LogP contribution >= 0.6 is 22.9 Å². The number of nitrogens with one attached hydrogen (secondary N) is 2. The lowest BCUT2D eigenvalue weighted by Crippen LogP contribution is -2.42. The Morgan fingerprint density at radius 1 is 1.26 bits per heavy atom. The summed E-state index contributed by atoms with van der Waals surface area (Å²) in [4.78, 5) is 43.8. The fourth-order valence-electron chi connectivity index (χ4n) is 3.94. The smallest absolute Gasteiger partial charge is 0.317 e. The van der Waals surface area contributed by atoms with Gasteiger partial charge in [0.1, 0.15) is 5.82 Å². The first-order valence-electron chi connectivity index (χ1n) is 10.5. The summed E-state index contributed by atoms with van der Waals surface area (Å²) in [5, 5.41) is 24.5. The molecule has 1 saturated heterocycles. The lowest BCUT2D eigenvalue weighted by molar-refractivity contribution is -0.139. The van der Waals surface area contributed by atoms with Gasteiger partial charge in [0.25, 0.3) is 5.91 Å². The Labute approximate surface area is 208 Å². The Kier molecular flexibility index (Phi) is 7.45. The third-order valence-corrected chi connectivity index (χ3v) is 6.73. The summed E-state index contributed by atoms with van der Waals surface area (Å²) < 4.78 is 15.2. The van der Waals surface area contributed by atoms with Crippen molar-refractivity contribution >= 4 is 58.3 Å². The van der Waals surface area contributed by atoms with Gasteiger partial charge in [-0.3, -0.25) is 24.3 Å². The van der Waals surface area contributed by atoms with E-state index in [4.69, 9.17) is 11.6 Å². The third-order valence-electron chi connectivity index (χ3n) is 5.50. The second kappa shape index (κ2) is 10.5. The minimum atomic E-state index is -1.13. The van der Waals surface area contributed by atoms with Gasteiger partial charge in [-0.15, -0.1) is 11.3 Å². The number of aliphatic imine (C=N–C) groups is 1. The van der Waals surface area contributed by atoms with Crippen molar-refractivity contribution in [2.24, 2.45) is 4.99 Å². The molecule has 1 unspecified atom stereocenters. The maximum absolute atomic E-state index is 14.8.